The highest BCUT2D eigenvalue weighted by molar-refractivity contribution is 7.92. The molecule has 100 valence electrons. The largest absolute Gasteiger partial charge is 0.397 e. The lowest BCUT2D eigenvalue weighted by Gasteiger charge is -2.19. The predicted molar refractivity (Wildman–Crippen MR) is 72.4 cm³/mol. The van der Waals surface area contributed by atoms with E-state index in [0.29, 0.717) is 30.2 Å². The number of nitrogens with two attached hydrogens (primary N) is 1. The van der Waals surface area contributed by atoms with Crippen molar-refractivity contribution in [1.29, 1.82) is 0 Å². The molecule has 6 nitrogen and oxygen atoms in total. The summed E-state index contributed by atoms with van der Waals surface area (Å²) in [6, 6.07) is 5.45. The van der Waals surface area contributed by atoms with Gasteiger partial charge in [-0.25, -0.2) is 4.98 Å². The van der Waals surface area contributed by atoms with E-state index in [1.165, 1.54) is 10.5 Å². The fourth-order valence-electron chi connectivity index (χ4n) is 2.34. The number of anilines is 2. The summed E-state index contributed by atoms with van der Waals surface area (Å²) in [4.78, 5) is 6.70. The first-order valence-electron chi connectivity index (χ1n) is 5.92. The molecule has 0 fully saturated rings. The average Bonchev–Trinajstić information content (AvgIpc) is 2.96. The van der Waals surface area contributed by atoms with Crippen LogP contribution in [0.2, 0.25) is 0 Å². The zero-order valence-corrected chi connectivity index (χ0v) is 11.2. The number of imidazole rings is 1. The average molecular weight is 278 g/mol. The van der Waals surface area contributed by atoms with Crippen molar-refractivity contribution >= 4 is 21.4 Å². The number of aryl methyl sites for hydroxylation is 1. The Morgan fingerprint density at radius 2 is 2.21 bits per heavy atom. The third-order valence-corrected chi connectivity index (χ3v) is 4.94. The van der Waals surface area contributed by atoms with Crippen LogP contribution in [0.1, 0.15) is 11.4 Å². The number of rotatable bonds is 2. The molecule has 1 aromatic heterocycles. The van der Waals surface area contributed by atoms with Gasteiger partial charge in [0.25, 0.3) is 10.0 Å². The molecule has 2 aromatic rings. The number of nitrogen functional groups attached to an aromatic ring is 1. The zero-order valence-electron chi connectivity index (χ0n) is 10.4. The molecule has 1 aliphatic heterocycles. The Kier molecular flexibility index (Phi) is 2.53. The van der Waals surface area contributed by atoms with E-state index >= 15 is 0 Å². The Morgan fingerprint density at radius 1 is 1.42 bits per heavy atom. The first kappa shape index (κ1) is 12.0. The summed E-state index contributed by atoms with van der Waals surface area (Å²) in [5.41, 5.74) is 7.94. The van der Waals surface area contributed by atoms with Gasteiger partial charge in [0.1, 0.15) is 5.82 Å². The summed E-state index contributed by atoms with van der Waals surface area (Å²) in [6.07, 6.45) is 2.01. The van der Waals surface area contributed by atoms with E-state index in [2.05, 4.69) is 9.97 Å². The van der Waals surface area contributed by atoms with Crippen LogP contribution in [0, 0.1) is 6.92 Å². The smallest absolute Gasteiger partial charge is 0.281 e. The van der Waals surface area contributed by atoms with Gasteiger partial charge in [-0.05, 0) is 25.0 Å². The number of sulfonamides is 1. The van der Waals surface area contributed by atoms with Crippen LogP contribution < -0.4 is 10.0 Å². The van der Waals surface area contributed by atoms with E-state index in [0.717, 1.165) is 5.56 Å². The Hall–Kier alpha value is -2.02. The van der Waals surface area contributed by atoms with Crippen molar-refractivity contribution in [2.24, 2.45) is 0 Å². The molecule has 7 heteroatoms. The molecule has 3 rings (SSSR count). The van der Waals surface area contributed by atoms with Gasteiger partial charge in [0.2, 0.25) is 0 Å². The fraction of sp³-hybridized carbons (Fsp3) is 0.250. The minimum Gasteiger partial charge on any atom is -0.397 e. The summed E-state index contributed by atoms with van der Waals surface area (Å²) < 4.78 is 26.5. The molecule has 0 amide bonds. The quantitative estimate of drug-likeness (QED) is 0.803. The molecule has 0 unspecified atom stereocenters. The Balaban J connectivity index is 2.11. The number of para-hydroxylation sites is 1. The van der Waals surface area contributed by atoms with Crippen molar-refractivity contribution in [1.82, 2.24) is 9.97 Å². The van der Waals surface area contributed by atoms with Crippen LogP contribution in [0.5, 0.6) is 0 Å². The molecule has 0 bridgehead atoms. The number of fused-ring (bicyclic) bond motifs is 1. The molecule has 0 atom stereocenters. The van der Waals surface area contributed by atoms with Gasteiger partial charge in [0.05, 0.1) is 17.6 Å². The number of aromatic nitrogens is 2. The summed E-state index contributed by atoms with van der Waals surface area (Å²) >= 11 is 0. The van der Waals surface area contributed by atoms with Crippen LogP contribution in [0.25, 0.3) is 0 Å². The van der Waals surface area contributed by atoms with Gasteiger partial charge in [0.15, 0.2) is 5.03 Å². The van der Waals surface area contributed by atoms with E-state index in [1.54, 1.807) is 13.0 Å². The molecule has 1 aromatic carbocycles. The highest BCUT2D eigenvalue weighted by Gasteiger charge is 2.33. The number of benzene rings is 1. The molecule has 2 heterocycles. The standard InChI is InChI=1S/C12H14N4O2S/c1-8-14-7-11(15-8)19(17,18)16-6-5-9-3-2-4-10(13)12(9)16/h2-4,7H,5-6,13H2,1H3,(H,14,15). The second-order valence-electron chi connectivity index (χ2n) is 4.52. The zero-order chi connectivity index (χ0) is 13.6. The van der Waals surface area contributed by atoms with Gasteiger partial charge >= 0.3 is 0 Å². The predicted octanol–water partition coefficient (Wildman–Crippen LogP) is 1.05. The van der Waals surface area contributed by atoms with E-state index in [-0.39, 0.29) is 5.03 Å². The normalized spacial score (nSPS) is 14.7. The van der Waals surface area contributed by atoms with Gasteiger partial charge in [-0.15, -0.1) is 0 Å². The maximum absolute atomic E-state index is 12.6. The lowest BCUT2D eigenvalue weighted by atomic mass is 10.1. The highest BCUT2D eigenvalue weighted by atomic mass is 32.2. The van der Waals surface area contributed by atoms with E-state index < -0.39 is 10.0 Å². The number of hydrogen-bond acceptors (Lipinski definition) is 4. The third-order valence-electron chi connectivity index (χ3n) is 3.23. The van der Waals surface area contributed by atoms with Gasteiger partial charge < -0.3 is 10.7 Å². The molecule has 0 saturated carbocycles. The van der Waals surface area contributed by atoms with Crippen LogP contribution in [0.4, 0.5) is 11.4 Å². The molecule has 0 saturated heterocycles. The third kappa shape index (κ3) is 1.77. The lowest BCUT2D eigenvalue weighted by molar-refractivity contribution is 0.589. The maximum Gasteiger partial charge on any atom is 0.281 e. The van der Waals surface area contributed by atoms with Gasteiger partial charge in [-0.2, -0.15) is 8.42 Å². The summed E-state index contributed by atoms with van der Waals surface area (Å²) in [5.74, 6) is 0.569. The maximum atomic E-state index is 12.6. The minimum atomic E-state index is -3.62. The first-order chi connectivity index (χ1) is 9.00. The van der Waals surface area contributed by atoms with Crippen LogP contribution >= 0.6 is 0 Å². The molecule has 1 aliphatic rings. The van der Waals surface area contributed by atoms with Crippen LogP contribution in [0.3, 0.4) is 0 Å². The van der Waals surface area contributed by atoms with Crippen LogP contribution in [-0.2, 0) is 16.4 Å². The number of aromatic amines is 1. The van der Waals surface area contributed by atoms with Crippen molar-refractivity contribution in [3.05, 3.63) is 35.8 Å². The first-order valence-corrected chi connectivity index (χ1v) is 7.36. The second-order valence-corrected chi connectivity index (χ2v) is 6.35. The summed E-state index contributed by atoms with van der Waals surface area (Å²) in [7, 11) is -3.62. The number of nitrogens with one attached hydrogen (secondary N) is 1. The van der Waals surface area contributed by atoms with Gasteiger partial charge in [-0.3, -0.25) is 4.31 Å². The minimum absolute atomic E-state index is 0.0982. The van der Waals surface area contributed by atoms with Crippen molar-refractivity contribution < 1.29 is 8.42 Å². The number of H-pyrrole nitrogens is 1. The van der Waals surface area contributed by atoms with E-state index in [4.69, 9.17) is 5.73 Å². The molecular weight excluding hydrogens is 264 g/mol. The van der Waals surface area contributed by atoms with Crippen molar-refractivity contribution in [3.63, 3.8) is 0 Å². The molecule has 0 spiro atoms. The van der Waals surface area contributed by atoms with Crippen molar-refractivity contribution in [2.45, 2.75) is 18.4 Å². The Morgan fingerprint density at radius 3 is 2.89 bits per heavy atom. The van der Waals surface area contributed by atoms with Crippen molar-refractivity contribution in [2.75, 3.05) is 16.6 Å². The Bertz CT molecular complexity index is 736. The molecule has 0 radical (unpaired) electrons. The lowest BCUT2D eigenvalue weighted by Crippen LogP contribution is -2.30. The molecular formula is C12H14N4O2S. The van der Waals surface area contributed by atoms with Gasteiger partial charge in [-0.1, -0.05) is 12.1 Å². The van der Waals surface area contributed by atoms with Crippen LogP contribution in [0.15, 0.2) is 29.4 Å². The molecule has 3 N–H and O–H groups in total. The monoisotopic (exact) mass is 278 g/mol. The highest BCUT2D eigenvalue weighted by Crippen LogP contribution is 2.36. The number of nitrogens with zero attached hydrogens (tertiary/aromatic N) is 2. The molecule has 0 aliphatic carbocycles. The Labute approximate surface area is 111 Å². The topological polar surface area (TPSA) is 92.1 Å². The molecule has 19 heavy (non-hydrogen) atoms. The van der Waals surface area contributed by atoms with E-state index in [1.807, 2.05) is 12.1 Å². The van der Waals surface area contributed by atoms with Crippen LogP contribution in [-0.4, -0.2) is 24.9 Å². The van der Waals surface area contributed by atoms with E-state index in [9.17, 15) is 8.42 Å². The summed E-state index contributed by atoms with van der Waals surface area (Å²) in [6.45, 7) is 2.12. The summed E-state index contributed by atoms with van der Waals surface area (Å²) in [5, 5.41) is 0.0982. The van der Waals surface area contributed by atoms with Gasteiger partial charge in [0, 0.05) is 6.54 Å². The van der Waals surface area contributed by atoms with Crippen molar-refractivity contribution in [3.8, 4) is 0 Å². The second kappa shape index (κ2) is 3.99. The fourth-order valence-corrected chi connectivity index (χ4v) is 3.83. The SMILES string of the molecule is Cc1ncc(S(=O)(=O)N2CCc3cccc(N)c32)[nH]1. The number of hydrogen-bond donors (Lipinski definition) is 2.